The zero-order valence-corrected chi connectivity index (χ0v) is 11.0. The molecule has 0 spiro atoms. The quantitative estimate of drug-likeness (QED) is 0.745. The second-order valence-electron chi connectivity index (χ2n) is 6.62. The minimum Gasteiger partial charge on any atom is -0.293 e. The van der Waals surface area contributed by atoms with Gasteiger partial charge in [-0.25, -0.2) is 0 Å². The molecule has 2 saturated heterocycles. The van der Waals surface area contributed by atoms with Crippen molar-refractivity contribution in [3.05, 3.63) is 35.9 Å². The van der Waals surface area contributed by atoms with Crippen LogP contribution in [-0.2, 0) is 6.54 Å². The van der Waals surface area contributed by atoms with Crippen LogP contribution in [0.15, 0.2) is 30.3 Å². The summed E-state index contributed by atoms with van der Waals surface area (Å²) in [7, 11) is 0. The van der Waals surface area contributed by atoms with Crippen LogP contribution in [0.3, 0.4) is 0 Å². The summed E-state index contributed by atoms with van der Waals surface area (Å²) in [5, 5.41) is 0. The maximum atomic E-state index is 2.76. The van der Waals surface area contributed by atoms with Crippen molar-refractivity contribution in [2.75, 3.05) is 0 Å². The molecule has 1 heteroatoms. The maximum absolute atomic E-state index is 2.76. The van der Waals surface area contributed by atoms with E-state index in [0.717, 1.165) is 18.6 Å². The van der Waals surface area contributed by atoms with Crippen LogP contribution in [0.1, 0.15) is 45.1 Å². The molecule has 2 unspecified atom stereocenters. The molecule has 92 valence electrons. The SMILES string of the molecule is CC1(C)CC2CCC(C1)N2Cc1ccccc1. The van der Waals surface area contributed by atoms with Crippen LogP contribution in [0.2, 0.25) is 0 Å². The van der Waals surface area contributed by atoms with Gasteiger partial charge < -0.3 is 0 Å². The Morgan fingerprint density at radius 2 is 1.65 bits per heavy atom. The number of fused-ring (bicyclic) bond motifs is 2. The van der Waals surface area contributed by atoms with Crippen LogP contribution >= 0.6 is 0 Å². The predicted molar refractivity (Wildman–Crippen MR) is 71.8 cm³/mol. The molecule has 1 nitrogen and oxygen atoms in total. The van der Waals surface area contributed by atoms with Crippen molar-refractivity contribution in [2.24, 2.45) is 5.41 Å². The van der Waals surface area contributed by atoms with E-state index in [1.807, 2.05) is 0 Å². The monoisotopic (exact) mass is 229 g/mol. The Kier molecular flexibility index (Phi) is 2.74. The highest BCUT2D eigenvalue weighted by Gasteiger charge is 2.43. The minimum absolute atomic E-state index is 0.568. The summed E-state index contributed by atoms with van der Waals surface area (Å²) in [4.78, 5) is 2.76. The molecule has 0 aliphatic carbocycles. The highest BCUT2D eigenvalue weighted by atomic mass is 15.2. The molecule has 1 aromatic rings. The molecule has 3 rings (SSSR count). The van der Waals surface area contributed by atoms with Crippen LogP contribution in [-0.4, -0.2) is 17.0 Å². The first-order valence-corrected chi connectivity index (χ1v) is 6.94. The Balaban J connectivity index is 1.74. The van der Waals surface area contributed by atoms with Gasteiger partial charge in [0.15, 0.2) is 0 Å². The van der Waals surface area contributed by atoms with E-state index in [-0.39, 0.29) is 0 Å². The molecule has 0 aromatic heterocycles. The van der Waals surface area contributed by atoms with Crippen molar-refractivity contribution in [1.29, 1.82) is 0 Å². The predicted octanol–water partition coefficient (Wildman–Crippen LogP) is 3.84. The summed E-state index contributed by atoms with van der Waals surface area (Å²) in [6.07, 6.45) is 5.61. The van der Waals surface area contributed by atoms with Crippen molar-refractivity contribution < 1.29 is 0 Å². The van der Waals surface area contributed by atoms with E-state index in [0.29, 0.717) is 5.41 Å². The van der Waals surface area contributed by atoms with Gasteiger partial charge in [0.25, 0.3) is 0 Å². The average Bonchev–Trinajstić information content (AvgIpc) is 2.55. The van der Waals surface area contributed by atoms with Crippen molar-refractivity contribution in [3.63, 3.8) is 0 Å². The fourth-order valence-electron chi connectivity index (χ4n) is 3.86. The van der Waals surface area contributed by atoms with Crippen LogP contribution in [0.5, 0.6) is 0 Å². The van der Waals surface area contributed by atoms with E-state index in [1.165, 1.54) is 31.2 Å². The lowest BCUT2D eigenvalue weighted by molar-refractivity contribution is 0.0565. The molecular formula is C16H23N. The van der Waals surface area contributed by atoms with E-state index in [1.54, 1.807) is 0 Å². The number of hydrogen-bond acceptors (Lipinski definition) is 1. The lowest BCUT2D eigenvalue weighted by atomic mass is 9.78. The van der Waals surface area contributed by atoms with Crippen LogP contribution in [0.25, 0.3) is 0 Å². The van der Waals surface area contributed by atoms with Gasteiger partial charge in [-0.1, -0.05) is 44.2 Å². The summed E-state index contributed by atoms with van der Waals surface area (Å²) in [6, 6.07) is 12.6. The normalized spacial score (nSPS) is 31.6. The van der Waals surface area contributed by atoms with E-state index in [9.17, 15) is 0 Å². The van der Waals surface area contributed by atoms with Gasteiger partial charge in [0.05, 0.1) is 0 Å². The van der Waals surface area contributed by atoms with E-state index >= 15 is 0 Å². The molecular weight excluding hydrogens is 206 g/mol. The maximum Gasteiger partial charge on any atom is 0.0239 e. The van der Waals surface area contributed by atoms with Crippen LogP contribution in [0.4, 0.5) is 0 Å². The van der Waals surface area contributed by atoms with Crippen molar-refractivity contribution in [3.8, 4) is 0 Å². The van der Waals surface area contributed by atoms with Crippen LogP contribution < -0.4 is 0 Å². The van der Waals surface area contributed by atoms with Crippen molar-refractivity contribution in [2.45, 2.75) is 58.2 Å². The molecule has 2 aliphatic rings. The van der Waals surface area contributed by atoms with Gasteiger partial charge in [0.2, 0.25) is 0 Å². The first-order valence-electron chi connectivity index (χ1n) is 6.94. The molecule has 0 saturated carbocycles. The van der Waals surface area contributed by atoms with E-state index < -0.39 is 0 Å². The molecule has 2 heterocycles. The Labute approximate surface area is 105 Å². The highest BCUT2D eigenvalue weighted by Crippen LogP contribution is 2.45. The van der Waals surface area contributed by atoms with Gasteiger partial charge in [0, 0.05) is 18.6 Å². The summed E-state index contributed by atoms with van der Waals surface area (Å²) in [5.74, 6) is 0. The number of piperidine rings is 1. The van der Waals surface area contributed by atoms with E-state index in [2.05, 4.69) is 49.1 Å². The fourth-order valence-corrected chi connectivity index (χ4v) is 3.86. The minimum atomic E-state index is 0.568. The van der Waals surface area contributed by atoms with Gasteiger partial charge in [-0.2, -0.15) is 0 Å². The zero-order chi connectivity index (χ0) is 11.9. The fraction of sp³-hybridized carbons (Fsp3) is 0.625. The molecule has 0 N–H and O–H groups in total. The third-order valence-corrected chi connectivity index (χ3v) is 4.56. The second-order valence-corrected chi connectivity index (χ2v) is 6.62. The first-order chi connectivity index (χ1) is 8.14. The topological polar surface area (TPSA) is 3.24 Å². The lowest BCUT2D eigenvalue weighted by Gasteiger charge is -2.43. The first kappa shape index (κ1) is 11.3. The van der Waals surface area contributed by atoms with Crippen molar-refractivity contribution in [1.82, 2.24) is 4.90 Å². The summed E-state index contributed by atoms with van der Waals surface area (Å²) in [5.41, 5.74) is 2.04. The number of nitrogens with zero attached hydrogens (tertiary/aromatic N) is 1. The molecule has 17 heavy (non-hydrogen) atoms. The van der Waals surface area contributed by atoms with Crippen molar-refractivity contribution >= 4 is 0 Å². The number of benzene rings is 1. The molecule has 2 fully saturated rings. The largest absolute Gasteiger partial charge is 0.293 e. The molecule has 2 aliphatic heterocycles. The molecule has 0 radical (unpaired) electrons. The summed E-state index contributed by atoms with van der Waals surface area (Å²) >= 11 is 0. The summed E-state index contributed by atoms with van der Waals surface area (Å²) < 4.78 is 0. The molecule has 1 aromatic carbocycles. The lowest BCUT2D eigenvalue weighted by Crippen LogP contribution is -2.45. The number of hydrogen-bond donors (Lipinski definition) is 0. The zero-order valence-electron chi connectivity index (χ0n) is 11.0. The highest BCUT2D eigenvalue weighted by molar-refractivity contribution is 5.15. The van der Waals surface area contributed by atoms with Gasteiger partial charge in [-0.3, -0.25) is 4.90 Å². The Bertz CT molecular complexity index is 366. The Hall–Kier alpha value is -0.820. The smallest absolute Gasteiger partial charge is 0.0239 e. The third kappa shape index (κ3) is 2.26. The van der Waals surface area contributed by atoms with E-state index in [4.69, 9.17) is 0 Å². The van der Waals surface area contributed by atoms with Gasteiger partial charge in [-0.05, 0) is 36.7 Å². The molecule has 0 amide bonds. The number of rotatable bonds is 2. The average molecular weight is 229 g/mol. The van der Waals surface area contributed by atoms with Gasteiger partial charge in [-0.15, -0.1) is 0 Å². The Morgan fingerprint density at radius 3 is 2.24 bits per heavy atom. The van der Waals surface area contributed by atoms with Crippen LogP contribution in [0, 0.1) is 5.41 Å². The second kappa shape index (κ2) is 4.13. The Morgan fingerprint density at radius 1 is 1.06 bits per heavy atom. The van der Waals surface area contributed by atoms with Gasteiger partial charge in [0.1, 0.15) is 0 Å². The summed E-state index contributed by atoms with van der Waals surface area (Å²) in [6.45, 7) is 6.04. The standard InChI is InChI=1S/C16H23N/c1-16(2)10-14-8-9-15(11-16)17(14)12-13-6-4-3-5-7-13/h3-7,14-15H,8-12H2,1-2H3. The van der Waals surface area contributed by atoms with Gasteiger partial charge >= 0.3 is 0 Å². The third-order valence-electron chi connectivity index (χ3n) is 4.56. The molecule has 2 atom stereocenters. The molecule has 2 bridgehead atoms.